The minimum Gasteiger partial charge on any atom is -0.494 e. The van der Waals surface area contributed by atoms with Gasteiger partial charge in [0, 0.05) is 17.1 Å². The van der Waals surface area contributed by atoms with Crippen LogP contribution in [0, 0.1) is 0 Å². The van der Waals surface area contributed by atoms with Gasteiger partial charge in [-0.05, 0) is 30.7 Å². The highest BCUT2D eigenvalue weighted by Gasteiger charge is 1.97. The van der Waals surface area contributed by atoms with Gasteiger partial charge in [0.1, 0.15) is 5.75 Å². The smallest absolute Gasteiger partial charge is 0.120 e. The first-order chi connectivity index (χ1) is 7.90. The average molecular weight is 217 g/mol. The molecule has 86 valence electrons. The van der Waals surface area contributed by atoms with Crippen LogP contribution >= 0.6 is 0 Å². The van der Waals surface area contributed by atoms with Gasteiger partial charge in [-0.1, -0.05) is 26.2 Å². The number of rotatable bonds is 6. The van der Waals surface area contributed by atoms with Crippen LogP contribution in [-0.4, -0.2) is 11.6 Å². The van der Waals surface area contributed by atoms with Crippen LogP contribution in [0.1, 0.15) is 32.6 Å². The van der Waals surface area contributed by atoms with Crippen LogP contribution in [-0.2, 0) is 0 Å². The maximum Gasteiger partial charge on any atom is 0.120 e. The van der Waals surface area contributed by atoms with E-state index < -0.39 is 0 Å². The van der Waals surface area contributed by atoms with Gasteiger partial charge in [0.15, 0.2) is 0 Å². The minimum absolute atomic E-state index is 0.829. The summed E-state index contributed by atoms with van der Waals surface area (Å²) < 4.78 is 5.72. The van der Waals surface area contributed by atoms with Crippen molar-refractivity contribution in [3.8, 4) is 5.75 Å². The Balaban J connectivity index is 1.84. The van der Waals surface area contributed by atoms with Crippen LogP contribution in [0.4, 0.5) is 0 Å². The Morgan fingerprint density at radius 3 is 2.94 bits per heavy atom. The maximum atomic E-state index is 5.72. The summed E-state index contributed by atoms with van der Waals surface area (Å²) in [6.07, 6.45) is 6.95. The van der Waals surface area contributed by atoms with E-state index in [9.17, 15) is 0 Å². The lowest BCUT2D eigenvalue weighted by molar-refractivity contribution is 0.305. The van der Waals surface area contributed by atoms with Crippen molar-refractivity contribution in [3.05, 3.63) is 30.5 Å². The molecule has 0 saturated carbocycles. The summed E-state index contributed by atoms with van der Waals surface area (Å²) in [4.78, 5) is 3.18. The Hall–Kier alpha value is -1.44. The summed E-state index contributed by atoms with van der Waals surface area (Å²) in [7, 11) is 0. The van der Waals surface area contributed by atoms with Crippen LogP contribution in [0.2, 0.25) is 0 Å². The molecule has 2 heteroatoms. The van der Waals surface area contributed by atoms with Crippen molar-refractivity contribution in [2.45, 2.75) is 32.6 Å². The minimum atomic E-state index is 0.829. The lowest BCUT2D eigenvalue weighted by Crippen LogP contribution is -1.96. The molecule has 1 heterocycles. The van der Waals surface area contributed by atoms with Gasteiger partial charge in [-0.15, -0.1) is 0 Å². The summed E-state index contributed by atoms with van der Waals surface area (Å²) in [5.41, 5.74) is 1.17. The van der Waals surface area contributed by atoms with Gasteiger partial charge in [-0.2, -0.15) is 0 Å². The fourth-order valence-corrected chi connectivity index (χ4v) is 1.84. The lowest BCUT2D eigenvalue weighted by atomic mass is 10.2. The lowest BCUT2D eigenvalue weighted by Gasteiger charge is -2.05. The van der Waals surface area contributed by atoms with Gasteiger partial charge in [0.2, 0.25) is 0 Å². The number of hydrogen-bond donors (Lipinski definition) is 1. The zero-order valence-corrected chi connectivity index (χ0v) is 9.83. The highest BCUT2D eigenvalue weighted by Crippen LogP contribution is 2.19. The number of nitrogens with one attached hydrogen (secondary N) is 1. The zero-order chi connectivity index (χ0) is 11.2. The average Bonchev–Trinajstić information content (AvgIpc) is 2.76. The molecule has 0 amide bonds. The van der Waals surface area contributed by atoms with Crippen LogP contribution in [0.15, 0.2) is 30.5 Å². The quantitative estimate of drug-likeness (QED) is 0.723. The van der Waals surface area contributed by atoms with Crippen LogP contribution < -0.4 is 4.74 Å². The Bertz CT molecular complexity index is 433. The Labute approximate surface area is 96.6 Å². The predicted octanol–water partition coefficient (Wildman–Crippen LogP) is 4.13. The fraction of sp³-hybridized carbons (Fsp3) is 0.429. The van der Waals surface area contributed by atoms with Crippen molar-refractivity contribution in [1.82, 2.24) is 4.98 Å². The monoisotopic (exact) mass is 217 g/mol. The Morgan fingerprint density at radius 2 is 2.06 bits per heavy atom. The number of ether oxygens (including phenoxy) is 1. The number of unbranched alkanes of at least 4 members (excludes halogenated alkanes) is 3. The van der Waals surface area contributed by atoms with E-state index in [0.717, 1.165) is 18.8 Å². The molecule has 1 N–H and O–H groups in total. The first-order valence-electron chi connectivity index (χ1n) is 6.10. The first-order valence-corrected chi connectivity index (χ1v) is 6.10. The SMILES string of the molecule is CCCCCCOc1ccc2[nH]ccc2c1. The molecule has 0 fully saturated rings. The Morgan fingerprint density at radius 1 is 1.12 bits per heavy atom. The molecule has 1 aromatic carbocycles. The molecule has 2 rings (SSSR count). The van der Waals surface area contributed by atoms with E-state index in [0.29, 0.717) is 0 Å². The molecular formula is C14H19NO. The van der Waals surface area contributed by atoms with E-state index in [4.69, 9.17) is 4.74 Å². The van der Waals surface area contributed by atoms with Crippen molar-refractivity contribution in [2.75, 3.05) is 6.61 Å². The summed E-state index contributed by atoms with van der Waals surface area (Å²) in [6, 6.07) is 8.25. The van der Waals surface area contributed by atoms with E-state index in [1.807, 2.05) is 12.3 Å². The number of fused-ring (bicyclic) bond motifs is 1. The third-order valence-electron chi connectivity index (χ3n) is 2.79. The molecule has 0 aliphatic carbocycles. The van der Waals surface area contributed by atoms with Gasteiger partial charge in [-0.25, -0.2) is 0 Å². The second-order valence-electron chi connectivity index (χ2n) is 4.14. The van der Waals surface area contributed by atoms with Gasteiger partial charge < -0.3 is 9.72 Å². The molecule has 2 aromatic rings. The topological polar surface area (TPSA) is 25.0 Å². The van der Waals surface area contributed by atoms with E-state index in [-0.39, 0.29) is 0 Å². The molecular weight excluding hydrogens is 198 g/mol. The molecule has 0 atom stereocenters. The normalized spacial score (nSPS) is 10.8. The van der Waals surface area contributed by atoms with E-state index in [2.05, 4.69) is 30.1 Å². The number of hydrogen-bond acceptors (Lipinski definition) is 1. The molecule has 0 saturated heterocycles. The molecule has 0 bridgehead atoms. The Kier molecular flexibility index (Phi) is 3.86. The molecule has 0 radical (unpaired) electrons. The largest absolute Gasteiger partial charge is 0.494 e. The second-order valence-corrected chi connectivity index (χ2v) is 4.14. The van der Waals surface area contributed by atoms with Crippen molar-refractivity contribution < 1.29 is 4.74 Å². The van der Waals surface area contributed by atoms with E-state index in [1.54, 1.807) is 0 Å². The van der Waals surface area contributed by atoms with E-state index >= 15 is 0 Å². The summed E-state index contributed by atoms with van der Waals surface area (Å²) >= 11 is 0. The summed E-state index contributed by atoms with van der Waals surface area (Å²) in [6.45, 7) is 3.05. The molecule has 1 aromatic heterocycles. The standard InChI is InChI=1S/C14H19NO/c1-2-3-4-5-10-16-13-6-7-14-12(11-13)8-9-15-14/h6-9,11,15H,2-5,10H2,1H3. The van der Waals surface area contributed by atoms with Crippen molar-refractivity contribution in [1.29, 1.82) is 0 Å². The summed E-state index contributed by atoms with van der Waals surface area (Å²) in [5.74, 6) is 0.976. The third-order valence-corrected chi connectivity index (χ3v) is 2.79. The number of benzene rings is 1. The number of H-pyrrole nitrogens is 1. The molecule has 0 aliphatic heterocycles. The molecule has 2 nitrogen and oxygen atoms in total. The third kappa shape index (κ3) is 2.78. The summed E-state index contributed by atoms with van der Waals surface area (Å²) in [5, 5.41) is 1.21. The van der Waals surface area contributed by atoms with Gasteiger partial charge in [0.05, 0.1) is 6.61 Å². The predicted molar refractivity (Wildman–Crippen MR) is 67.9 cm³/mol. The van der Waals surface area contributed by atoms with Gasteiger partial charge in [-0.3, -0.25) is 0 Å². The first kappa shape index (κ1) is 11.1. The van der Waals surface area contributed by atoms with Gasteiger partial charge >= 0.3 is 0 Å². The van der Waals surface area contributed by atoms with Crippen molar-refractivity contribution in [2.24, 2.45) is 0 Å². The molecule has 16 heavy (non-hydrogen) atoms. The highest BCUT2D eigenvalue weighted by molar-refractivity contribution is 5.80. The zero-order valence-electron chi connectivity index (χ0n) is 9.83. The van der Waals surface area contributed by atoms with Crippen LogP contribution in [0.25, 0.3) is 10.9 Å². The highest BCUT2D eigenvalue weighted by atomic mass is 16.5. The van der Waals surface area contributed by atoms with Crippen molar-refractivity contribution in [3.63, 3.8) is 0 Å². The molecule has 0 aliphatic rings. The molecule has 0 spiro atoms. The van der Waals surface area contributed by atoms with Crippen LogP contribution in [0.3, 0.4) is 0 Å². The van der Waals surface area contributed by atoms with E-state index in [1.165, 1.54) is 30.2 Å². The maximum absolute atomic E-state index is 5.72. The fourth-order valence-electron chi connectivity index (χ4n) is 1.84. The van der Waals surface area contributed by atoms with Crippen molar-refractivity contribution >= 4 is 10.9 Å². The van der Waals surface area contributed by atoms with Crippen LogP contribution in [0.5, 0.6) is 5.75 Å². The second kappa shape index (κ2) is 5.59. The number of aromatic amines is 1. The molecule has 0 unspecified atom stereocenters. The number of aromatic nitrogens is 1. The van der Waals surface area contributed by atoms with Gasteiger partial charge in [0.25, 0.3) is 0 Å².